The predicted molar refractivity (Wildman–Crippen MR) is 119 cm³/mol. The van der Waals surface area contributed by atoms with E-state index in [0.29, 0.717) is 0 Å². The fourth-order valence-electron chi connectivity index (χ4n) is 3.19. The minimum absolute atomic E-state index is 0.525. The molecule has 0 unspecified atom stereocenters. The lowest BCUT2D eigenvalue weighted by atomic mass is 10.3. The molecule has 0 atom stereocenters. The van der Waals surface area contributed by atoms with E-state index in [4.69, 9.17) is 0 Å². The van der Waals surface area contributed by atoms with Gasteiger partial charge in [-0.15, -0.1) is 0 Å². The molecule has 0 aliphatic rings. The minimum Gasteiger partial charge on any atom is -0.272 e. The molecule has 0 aromatic heterocycles. The van der Waals surface area contributed by atoms with Gasteiger partial charge in [0, 0.05) is 5.30 Å². The third-order valence-electron chi connectivity index (χ3n) is 4.12. The molecular formula is C22H26N2P2. The molecule has 0 fully saturated rings. The summed E-state index contributed by atoms with van der Waals surface area (Å²) in [5.41, 5.74) is 0. The normalized spacial score (nSPS) is 11.7. The van der Waals surface area contributed by atoms with Gasteiger partial charge in [0.05, 0.1) is 8.22 Å². The highest BCUT2D eigenvalue weighted by molar-refractivity contribution is 7.81. The molecule has 134 valence electrons. The first-order valence-corrected chi connectivity index (χ1v) is 11.3. The maximum absolute atomic E-state index is 2.34. The van der Waals surface area contributed by atoms with E-state index in [1.807, 2.05) is 0 Å². The molecule has 0 bridgehead atoms. The van der Waals surface area contributed by atoms with Crippen LogP contribution in [0.2, 0.25) is 0 Å². The van der Waals surface area contributed by atoms with Crippen molar-refractivity contribution < 1.29 is 0 Å². The van der Waals surface area contributed by atoms with E-state index in [9.17, 15) is 0 Å². The lowest BCUT2D eigenvalue weighted by Crippen LogP contribution is -2.35. The molecule has 3 aromatic carbocycles. The van der Waals surface area contributed by atoms with Gasteiger partial charge in [-0.25, -0.2) is 0 Å². The SMILES string of the molecule is CN(C)P(c1ccccc1P(c1ccccc1)c1ccccc1)N(C)C. The van der Waals surface area contributed by atoms with Crippen molar-refractivity contribution in [2.75, 3.05) is 28.2 Å². The summed E-state index contributed by atoms with van der Waals surface area (Å²) in [5.74, 6) is 0. The monoisotopic (exact) mass is 380 g/mol. The number of nitrogens with zero attached hydrogens (tertiary/aromatic N) is 2. The number of hydrogen-bond acceptors (Lipinski definition) is 2. The highest BCUT2D eigenvalue weighted by Crippen LogP contribution is 2.42. The lowest BCUT2D eigenvalue weighted by molar-refractivity contribution is 0.584. The molecule has 0 saturated carbocycles. The summed E-state index contributed by atoms with van der Waals surface area (Å²) < 4.78 is 4.69. The Hall–Kier alpha value is -1.56. The third-order valence-corrected chi connectivity index (χ3v) is 9.14. The average Bonchev–Trinajstić information content (AvgIpc) is 2.64. The molecular weight excluding hydrogens is 354 g/mol. The fourth-order valence-corrected chi connectivity index (χ4v) is 8.17. The number of benzene rings is 3. The summed E-state index contributed by atoms with van der Waals surface area (Å²) in [4.78, 5) is 0. The Labute approximate surface area is 160 Å². The molecule has 2 nitrogen and oxygen atoms in total. The van der Waals surface area contributed by atoms with Gasteiger partial charge in [0.25, 0.3) is 0 Å². The Bertz CT molecular complexity index is 772. The molecule has 0 N–H and O–H groups in total. The molecule has 0 aliphatic heterocycles. The number of hydrogen-bond donors (Lipinski definition) is 0. The summed E-state index contributed by atoms with van der Waals surface area (Å²) in [6, 6.07) is 30.8. The van der Waals surface area contributed by atoms with Gasteiger partial charge in [0.2, 0.25) is 0 Å². The van der Waals surface area contributed by atoms with E-state index in [1.165, 1.54) is 21.2 Å². The van der Waals surface area contributed by atoms with Crippen LogP contribution < -0.4 is 21.2 Å². The van der Waals surface area contributed by atoms with Crippen molar-refractivity contribution in [3.05, 3.63) is 84.9 Å². The summed E-state index contributed by atoms with van der Waals surface area (Å²) >= 11 is 0. The quantitative estimate of drug-likeness (QED) is 0.604. The summed E-state index contributed by atoms with van der Waals surface area (Å²) in [7, 11) is 7.59. The topological polar surface area (TPSA) is 6.48 Å². The van der Waals surface area contributed by atoms with Gasteiger partial charge in [-0.2, -0.15) is 0 Å². The summed E-state index contributed by atoms with van der Waals surface area (Å²) in [6.07, 6.45) is 0. The molecule has 26 heavy (non-hydrogen) atoms. The maximum Gasteiger partial charge on any atom is 0.0720 e. The molecule has 0 aliphatic carbocycles. The molecule has 3 rings (SSSR count). The van der Waals surface area contributed by atoms with Crippen LogP contribution in [0.25, 0.3) is 0 Å². The smallest absolute Gasteiger partial charge is 0.0720 e. The van der Waals surface area contributed by atoms with Crippen LogP contribution in [-0.2, 0) is 0 Å². The Morgan fingerprint density at radius 2 is 0.885 bits per heavy atom. The molecule has 0 radical (unpaired) electrons. The average molecular weight is 380 g/mol. The van der Waals surface area contributed by atoms with Gasteiger partial charge < -0.3 is 0 Å². The lowest BCUT2D eigenvalue weighted by Gasteiger charge is -2.33. The van der Waals surface area contributed by atoms with E-state index < -0.39 is 16.1 Å². The van der Waals surface area contributed by atoms with E-state index in [1.54, 1.807) is 0 Å². The molecule has 0 saturated heterocycles. The minimum atomic E-state index is -0.586. The van der Waals surface area contributed by atoms with Crippen LogP contribution in [0.1, 0.15) is 0 Å². The molecule has 4 heteroatoms. The van der Waals surface area contributed by atoms with Crippen molar-refractivity contribution in [3.8, 4) is 0 Å². The van der Waals surface area contributed by atoms with Crippen molar-refractivity contribution in [3.63, 3.8) is 0 Å². The maximum atomic E-state index is 2.34. The van der Waals surface area contributed by atoms with Crippen LogP contribution in [0, 0.1) is 0 Å². The molecule has 0 spiro atoms. The standard InChI is InChI=1S/C22H26N2P2/c1-23(2)26(24(3)4)22-18-12-11-17-21(22)25(19-13-7-5-8-14-19)20-15-9-6-10-16-20/h5-18H,1-4H3. The van der Waals surface area contributed by atoms with Gasteiger partial charge in [0.1, 0.15) is 0 Å². The Morgan fingerprint density at radius 3 is 1.31 bits per heavy atom. The van der Waals surface area contributed by atoms with Crippen molar-refractivity contribution in [2.45, 2.75) is 0 Å². The molecule has 3 aromatic rings. The largest absolute Gasteiger partial charge is 0.272 e. The Balaban J connectivity index is 2.20. The van der Waals surface area contributed by atoms with Crippen LogP contribution in [0.5, 0.6) is 0 Å². The first kappa shape index (κ1) is 19.2. The second kappa shape index (κ2) is 8.89. The van der Waals surface area contributed by atoms with Gasteiger partial charge in [-0.05, 0) is 52.0 Å². The van der Waals surface area contributed by atoms with E-state index in [-0.39, 0.29) is 0 Å². The zero-order chi connectivity index (χ0) is 18.5. The first-order chi connectivity index (χ1) is 12.6. The Kier molecular flexibility index (Phi) is 6.57. The van der Waals surface area contributed by atoms with Crippen LogP contribution in [0.4, 0.5) is 0 Å². The van der Waals surface area contributed by atoms with Gasteiger partial charge in [-0.1, -0.05) is 84.9 Å². The summed E-state index contributed by atoms with van der Waals surface area (Å²) in [6.45, 7) is 0. The zero-order valence-corrected chi connectivity index (χ0v) is 17.7. The second-order valence-electron chi connectivity index (χ2n) is 6.48. The fraction of sp³-hybridized carbons (Fsp3) is 0.182. The van der Waals surface area contributed by atoms with Crippen LogP contribution in [0.15, 0.2) is 84.9 Å². The van der Waals surface area contributed by atoms with Gasteiger partial charge in [0.15, 0.2) is 0 Å². The van der Waals surface area contributed by atoms with Crippen molar-refractivity contribution >= 4 is 37.4 Å². The highest BCUT2D eigenvalue weighted by Gasteiger charge is 2.25. The van der Waals surface area contributed by atoms with E-state index in [2.05, 4.69) is 122 Å². The van der Waals surface area contributed by atoms with Crippen LogP contribution >= 0.6 is 16.1 Å². The van der Waals surface area contributed by atoms with Crippen molar-refractivity contribution in [1.82, 2.24) is 9.34 Å². The summed E-state index contributed by atoms with van der Waals surface area (Å²) in [5, 5.41) is 5.69. The van der Waals surface area contributed by atoms with Gasteiger partial charge in [-0.3, -0.25) is 9.34 Å². The predicted octanol–water partition coefficient (Wildman–Crippen LogP) is 3.51. The highest BCUT2D eigenvalue weighted by atomic mass is 31.1. The zero-order valence-electron chi connectivity index (χ0n) is 15.9. The molecule has 0 amide bonds. The Morgan fingerprint density at radius 1 is 0.500 bits per heavy atom. The molecule has 0 heterocycles. The van der Waals surface area contributed by atoms with Gasteiger partial charge >= 0.3 is 0 Å². The van der Waals surface area contributed by atoms with Crippen LogP contribution in [-0.4, -0.2) is 37.5 Å². The third kappa shape index (κ3) is 4.22. The van der Waals surface area contributed by atoms with Crippen molar-refractivity contribution in [2.24, 2.45) is 0 Å². The van der Waals surface area contributed by atoms with E-state index >= 15 is 0 Å². The van der Waals surface area contributed by atoms with E-state index in [0.717, 1.165) is 0 Å². The van der Waals surface area contributed by atoms with Crippen LogP contribution in [0.3, 0.4) is 0 Å². The second-order valence-corrected chi connectivity index (χ2v) is 11.3. The number of rotatable bonds is 6. The van der Waals surface area contributed by atoms with Crippen molar-refractivity contribution in [1.29, 1.82) is 0 Å². The first-order valence-electron chi connectivity index (χ1n) is 8.73.